The van der Waals surface area contributed by atoms with Crippen molar-refractivity contribution in [3.8, 4) is 0 Å². The monoisotopic (exact) mass is 214 g/mol. The van der Waals surface area contributed by atoms with Crippen LogP contribution in [0.1, 0.15) is 19.3 Å². The fourth-order valence-corrected chi connectivity index (χ4v) is 1.86. The molecule has 1 unspecified atom stereocenters. The van der Waals surface area contributed by atoms with Crippen LogP contribution in [0.3, 0.4) is 0 Å². The van der Waals surface area contributed by atoms with E-state index in [9.17, 15) is 14.4 Å². The van der Waals surface area contributed by atoms with Crippen LogP contribution in [0.25, 0.3) is 0 Å². The second-order valence-electron chi connectivity index (χ2n) is 3.57. The average molecular weight is 214 g/mol. The van der Waals surface area contributed by atoms with Crippen molar-refractivity contribution in [1.29, 1.82) is 0 Å². The molecule has 0 saturated heterocycles. The van der Waals surface area contributed by atoms with Crippen LogP contribution in [0.15, 0.2) is 0 Å². The molecule has 0 radical (unpaired) electrons. The molecule has 5 heteroatoms. The third-order valence-corrected chi connectivity index (χ3v) is 2.67. The van der Waals surface area contributed by atoms with E-state index in [1.807, 2.05) is 0 Å². The maximum atomic E-state index is 11.4. The van der Waals surface area contributed by atoms with Crippen LogP contribution in [0, 0.1) is 11.8 Å². The molecule has 1 rings (SSSR count). The minimum atomic E-state index is -0.952. The molecule has 0 spiro atoms. The summed E-state index contributed by atoms with van der Waals surface area (Å²) >= 11 is 0. The summed E-state index contributed by atoms with van der Waals surface area (Å²) in [5.41, 5.74) is 0. The fraction of sp³-hybridized carbons (Fsp3) is 0.700. The summed E-state index contributed by atoms with van der Waals surface area (Å²) in [7, 11) is 2.43. The number of hydrogen-bond acceptors (Lipinski definition) is 5. The van der Waals surface area contributed by atoms with Gasteiger partial charge in [0.15, 0.2) is 5.92 Å². The van der Waals surface area contributed by atoms with E-state index in [1.54, 1.807) is 0 Å². The predicted molar refractivity (Wildman–Crippen MR) is 49.9 cm³/mol. The first-order valence-electron chi connectivity index (χ1n) is 4.77. The Morgan fingerprint density at radius 2 is 1.80 bits per heavy atom. The van der Waals surface area contributed by atoms with Crippen molar-refractivity contribution in [3.05, 3.63) is 0 Å². The lowest BCUT2D eigenvalue weighted by molar-refractivity contribution is -0.161. The molecule has 1 saturated carbocycles. The Balaban J connectivity index is 2.76. The summed E-state index contributed by atoms with van der Waals surface area (Å²) in [6, 6.07) is 0. The van der Waals surface area contributed by atoms with Crippen LogP contribution >= 0.6 is 0 Å². The third-order valence-electron chi connectivity index (χ3n) is 2.67. The van der Waals surface area contributed by atoms with E-state index in [0.717, 1.165) is 0 Å². The van der Waals surface area contributed by atoms with Crippen molar-refractivity contribution in [2.45, 2.75) is 19.3 Å². The summed E-state index contributed by atoms with van der Waals surface area (Å²) < 4.78 is 9.06. The van der Waals surface area contributed by atoms with Crippen molar-refractivity contribution in [1.82, 2.24) is 0 Å². The number of hydrogen-bond donors (Lipinski definition) is 0. The Hall–Kier alpha value is -1.39. The zero-order valence-corrected chi connectivity index (χ0v) is 8.82. The van der Waals surface area contributed by atoms with Crippen LogP contribution in [0.4, 0.5) is 0 Å². The summed E-state index contributed by atoms with van der Waals surface area (Å²) in [5, 5.41) is 0. The van der Waals surface area contributed by atoms with E-state index >= 15 is 0 Å². The molecule has 15 heavy (non-hydrogen) atoms. The number of esters is 2. The van der Waals surface area contributed by atoms with Gasteiger partial charge in [-0.15, -0.1) is 0 Å². The normalized spacial score (nSPS) is 20.5. The number of carbonyl (C=O) groups excluding carboxylic acids is 3. The molecular weight excluding hydrogens is 200 g/mol. The number of rotatable bonds is 3. The first-order valence-corrected chi connectivity index (χ1v) is 4.77. The third kappa shape index (κ3) is 2.55. The second kappa shape index (κ2) is 4.91. The van der Waals surface area contributed by atoms with Crippen LogP contribution in [0.2, 0.25) is 0 Å². The average Bonchev–Trinajstić information content (AvgIpc) is 2.64. The van der Waals surface area contributed by atoms with Crippen LogP contribution < -0.4 is 0 Å². The van der Waals surface area contributed by atoms with Gasteiger partial charge in [-0.25, -0.2) is 0 Å². The SMILES string of the molecule is COC(=O)C(C(=O)OC)C1CCC(=O)C1. The molecule has 0 aliphatic heterocycles. The van der Waals surface area contributed by atoms with Crippen molar-refractivity contribution in [2.24, 2.45) is 11.8 Å². The van der Waals surface area contributed by atoms with E-state index < -0.39 is 17.9 Å². The van der Waals surface area contributed by atoms with Crippen molar-refractivity contribution >= 4 is 17.7 Å². The van der Waals surface area contributed by atoms with Gasteiger partial charge in [0.25, 0.3) is 0 Å². The van der Waals surface area contributed by atoms with Gasteiger partial charge >= 0.3 is 11.9 Å². The van der Waals surface area contributed by atoms with Crippen molar-refractivity contribution < 1.29 is 23.9 Å². The number of methoxy groups -OCH3 is 2. The number of Topliss-reactive ketones (excluding diaryl/α,β-unsaturated/α-hetero) is 1. The maximum absolute atomic E-state index is 11.4. The van der Waals surface area contributed by atoms with Gasteiger partial charge in [-0.1, -0.05) is 0 Å². The van der Waals surface area contributed by atoms with E-state index in [4.69, 9.17) is 0 Å². The fourth-order valence-electron chi connectivity index (χ4n) is 1.86. The van der Waals surface area contributed by atoms with Gasteiger partial charge in [0.2, 0.25) is 0 Å². The van der Waals surface area contributed by atoms with E-state index in [2.05, 4.69) is 9.47 Å². The molecule has 84 valence electrons. The lowest BCUT2D eigenvalue weighted by atomic mass is 9.91. The molecular formula is C10H14O5. The Morgan fingerprint density at radius 1 is 1.27 bits per heavy atom. The molecule has 0 N–H and O–H groups in total. The quantitative estimate of drug-likeness (QED) is 0.499. The predicted octanol–water partition coefficient (Wildman–Crippen LogP) is 0.318. The van der Waals surface area contributed by atoms with Gasteiger partial charge in [0, 0.05) is 12.8 Å². The molecule has 1 aliphatic carbocycles. The lowest BCUT2D eigenvalue weighted by Gasteiger charge is -2.17. The standard InChI is InChI=1S/C10H14O5/c1-14-9(12)8(10(13)15-2)6-3-4-7(11)5-6/h6,8H,3-5H2,1-2H3. The zero-order valence-electron chi connectivity index (χ0n) is 8.82. The molecule has 1 atom stereocenters. The molecule has 0 aromatic heterocycles. The largest absolute Gasteiger partial charge is 0.468 e. The zero-order chi connectivity index (χ0) is 11.4. The van der Waals surface area contributed by atoms with Crippen LogP contribution in [-0.2, 0) is 23.9 Å². The van der Waals surface area contributed by atoms with Gasteiger partial charge < -0.3 is 9.47 Å². The second-order valence-corrected chi connectivity index (χ2v) is 3.57. The topological polar surface area (TPSA) is 69.7 Å². The molecule has 0 amide bonds. The summed E-state index contributed by atoms with van der Waals surface area (Å²) in [6.45, 7) is 0. The first-order chi connectivity index (χ1) is 7.10. The summed E-state index contributed by atoms with van der Waals surface area (Å²) in [5.74, 6) is -2.38. The van der Waals surface area contributed by atoms with Crippen LogP contribution in [-0.4, -0.2) is 31.9 Å². The lowest BCUT2D eigenvalue weighted by Crippen LogP contribution is -2.32. The number of ketones is 1. The summed E-state index contributed by atoms with van der Waals surface area (Å²) in [6.07, 6.45) is 1.23. The van der Waals surface area contributed by atoms with Gasteiger partial charge in [0.1, 0.15) is 5.78 Å². The molecule has 0 heterocycles. The highest BCUT2D eigenvalue weighted by Crippen LogP contribution is 2.30. The molecule has 1 fully saturated rings. The molecule has 5 nitrogen and oxygen atoms in total. The van der Waals surface area contributed by atoms with E-state index in [1.165, 1.54) is 14.2 Å². The van der Waals surface area contributed by atoms with Gasteiger partial charge in [-0.05, 0) is 12.3 Å². The molecule has 0 aromatic rings. The first kappa shape index (κ1) is 11.7. The summed E-state index contributed by atoms with van der Waals surface area (Å²) in [4.78, 5) is 33.8. The Kier molecular flexibility index (Phi) is 3.82. The van der Waals surface area contributed by atoms with Gasteiger partial charge in [0.05, 0.1) is 14.2 Å². The number of ether oxygens (including phenoxy) is 2. The highest BCUT2D eigenvalue weighted by Gasteiger charge is 2.40. The van der Waals surface area contributed by atoms with E-state index in [0.29, 0.717) is 12.8 Å². The van der Waals surface area contributed by atoms with Gasteiger partial charge in [-0.2, -0.15) is 0 Å². The minimum Gasteiger partial charge on any atom is -0.468 e. The van der Waals surface area contributed by atoms with Crippen molar-refractivity contribution in [3.63, 3.8) is 0 Å². The molecule has 1 aliphatic rings. The van der Waals surface area contributed by atoms with Crippen LogP contribution in [0.5, 0.6) is 0 Å². The molecule has 0 bridgehead atoms. The Labute approximate surface area is 87.7 Å². The Morgan fingerprint density at radius 3 is 2.13 bits per heavy atom. The minimum absolute atomic E-state index is 0.0813. The van der Waals surface area contributed by atoms with Gasteiger partial charge in [-0.3, -0.25) is 14.4 Å². The van der Waals surface area contributed by atoms with E-state index in [-0.39, 0.29) is 18.1 Å². The Bertz CT molecular complexity index is 268. The highest BCUT2D eigenvalue weighted by molar-refractivity contribution is 5.96. The smallest absolute Gasteiger partial charge is 0.320 e. The number of carbonyl (C=O) groups is 3. The van der Waals surface area contributed by atoms with Crippen molar-refractivity contribution in [2.75, 3.05) is 14.2 Å². The molecule has 0 aromatic carbocycles. The maximum Gasteiger partial charge on any atom is 0.320 e. The highest BCUT2D eigenvalue weighted by atomic mass is 16.5.